The number of hydrogen-bond acceptors (Lipinski definition) is 4. The summed E-state index contributed by atoms with van der Waals surface area (Å²) in [5.74, 6) is 0.761. The molecule has 0 heterocycles. The molecule has 0 aromatic heterocycles. The lowest BCUT2D eigenvalue weighted by molar-refractivity contribution is 0.0858. The van der Waals surface area contributed by atoms with Gasteiger partial charge < -0.3 is 19.5 Å². The highest BCUT2D eigenvalue weighted by atomic mass is 16.6. The van der Waals surface area contributed by atoms with Crippen molar-refractivity contribution in [2.45, 2.75) is 20.1 Å². The zero-order chi connectivity index (χ0) is 17.2. The summed E-state index contributed by atoms with van der Waals surface area (Å²) in [5, 5.41) is 9.21. The summed E-state index contributed by atoms with van der Waals surface area (Å²) in [4.78, 5) is 13.8. The van der Waals surface area contributed by atoms with Gasteiger partial charge in [0.05, 0.1) is 13.2 Å². The van der Waals surface area contributed by atoms with Crippen molar-refractivity contribution in [3.05, 3.63) is 65.7 Å². The number of nitrogens with zero attached hydrogens (tertiary/aromatic N) is 1. The van der Waals surface area contributed by atoms with Crippen LogP contribution in [0.25, 0.3) is 0 Å². The highest BCUT2D eigenvalue weighted by molar-refractivity contribution is 5.67. The number of rotatable bonds is 8. The predicted molar refractivity (Wildman–Crippen MR) is 91.7 cm³/mol. The number of aliphatic hydroxyl groups excluding tert-OH is 1. The Labute approximate surface area is 142 Å². The van der Waals surface area contributed by atoms with Crippen LogP contribution in [0.3, 0.4) is 0 Å². The zero-order valence-electron chi connectivity index (χ0n) is 13.9. The molecule has 5 nitrogen and oxygen atoms in total. The number of aliphatic hydroxyl groups is 1. The summed E-state index contributed by atoms with van der Waals surface area (Å²) in [6, 6.07) is 17.1. The minimum absolute atomic E-state index is 0.119. The third-order valence-electron chi connectivity index (χ3n) is 3.42. The maximum absolute atomic E-state index is 12.3. The minimum Gasteiger partial charge on any atom is -0.494 e. The molecule has 2 rings (SSSR count). The first kappa shape index (κ1) is 17.8. The molecule has 0 bridgehead atoms. The molecule has 0 radical (unpaired) electrons. The molecule has 0 atom stereocenters. The largest absolute Gasteiger partial charge is 0.494 e. The van der Waals surface area contributed by atoms with E-state index in [0.717, 1.165) is 16.9 Å². The Morgan fingerprint density at radius 3 is 2.54 bits per heavy atom. The topological polar surface area (TPSA) is 59.0 Å². The third-order valence-corrected chi connectivity index (χ3v) is 3.42. The summed E-state index contributed by atoms with van der Waals surface area (Å²) >= 11 is 0. The highest BCUT2D eigenvalue weighted by Crippen LogP contribution is 2.15. The zero-order valence-corrected chi connectivity index (χ0v) is 13.9. The van der Waals surface area contributed by atoms with Gasteiger partial charge in [-0.2, -0.15) is 0 Å². The molecule has 128 valence electrons. The van der Waals surface area contributed by atoms with E-state index in [1.54, 1.807) is 0 Å². The van der Waals surface area contributed by atoms with E-state index in [2.05, 4.69) is 0 Å². The van der Waals surface area contributed by atoms with E-state index in [1.807, 2.05) is 61.5 Å². The van der Waals surface area contributed by atoms with E-state index in [1.165, 1.54) is 4.90 Å². The van der Waals surface area contributed by atoms with E-state index < -0.39 is 6.09 Å². The van der Waals surface area contributed by atoms with E-state index in [4.69, 9.17) is 9.47 Å². The first-order valence-corrected chi connectivity index (χ1v) is 8.01. The summed E-state index contributed by atoms with van der Waals surface area (Å²) in [5.41, 5.74) is 1.85. The van der Waals surface area contributed by atoms with Crippen LogP contribution in [0.2, 0.25) is 0 Å². The molecule has 0 aliphatic carbocycles. The van der Waals surface area contributed by atoms with E-state index in [9.17, 15) is 9.90 Å². The van der Waals surface area contributed by atoms with Crippen molar-refractivity contribution < 1.29 is 19.4 Å². The summed E-state index contributed by atoms with van der Waals surface area (Å²) in [7, 11) is 0. The molecule has 0 unspecified atom stereocenters. The molecule has 24 heavy (non-hydrogen) atoms. The van der Waals surface area contributed by atoms with Crippen LogP contribution in [-0.2, 0) is 17.9 Å². The van der Waals surface area contributed by atoms with Crippen LogP contribution in [0.4, 0.5) is 4.79 Å². The van der Waals surface area contributed by atoms with Crippen molar-refractivity contribution in [2.24, 2.45) is 0 Å². The first-order chi connectivity index (χ1) is 11.7. The maximum Gasteiger partial charge on any atom is 0.410 e. The molecule has 0 aliphatic rings. The average Bonchev–Trinajstić information content (AvgIpc) is 2.61. The third kappa shape index (κ3) is 5.59. The van der Waals surface area contributed by atoms with Crippen molar-refractivity contribution in [2.75, 3.05) is 19.8 Å². The lowest BCUT2D eigenvalue weighted by atomic mass is 10.2. The summed E-state index contributed by atoms with van der Waals surface area (Å²) < 4.78 is 10.8. The standard InChI is InChI=1S/C19H23NO4/c1-2-23-18-10-6-9-17(13-18)14-20(11-12-21)19(22)24-15-16-7-4-3-5-8-16/h3-10,13,21H,2,11-12,14-15H2,1H3. The predicted octanol–water partition coefficient (Wildman–Crippen LogP) is 3.22. The van der Waals surface area contributed by atoms with Gasteiger partial charge >= 0.3 is 6.09 Å². The molecule has 0 aliphatic heterocycles. The van der Waals surface area contributed by atoms with Crippen molar-refractivity contribution in [1.29, 1.82) is 0 Å². The minimum atomic E-state index is -0.449. The molecule has 0 saturated carbocycles. The lowest BCUT2D eigenvalue weighted by Gasteiger charge is -2.21. The van der Waals surface area contributed by atoms with Crippen LogP contribution in [0.15, 0.2) is 54.6 Å². The Kier molecular flexibility index (Phi) is 7.11. The van der Waals surface area contributed by atoms with Crippen molar-refractivity contribution >= 4 is 6.09 Å². The molecule has 1 amide bonds. The Hall–Kier alpha value is -2.53. The molecule has 5 heteroatoms. The fourth-order valence-corrected chi connectivity index (χ4v) is 2.29. The van der Waals surface area contributed by atoms with Crippen LogP contribution in [-0.4, -0.2) is 35.9 Å². The van der Waals surface area contributed by atoms with Crippen molar-refractivity contribution in [1.82, 2.24) is 4.90 Å². The second-order valence-corrected chi connectivity index (χ2v) is 5.27. The van der Waals surface area contributed by atoms with Crippen LogP contribution in [0.1, 0.15) is 18.1 Å². The molecule has 1 N–H and O–H groups in total. The SMILES string of the molecule is CCOc1cccc(CN(CCO)C(=O)OCc2ccccc2)c1. The smallest absolute Gasteiger partial charge is 0.410 e. The molecule has 0 saturated heterocycles. The lowest BCUT2D eigenvalue weighted by Crippen LogP contribution is -2.33. The van der Waals surface area contributed by atoms with Gasteiger partial charge in [-0.05, 0) is 30.2 Å². The molecular weight excluding hydrogens is 306 g/mol. The monoisotopic (exact) mass is 329 g/mol. The van der Waals surface area contributed by atoms with Gasteiger partial charge in [0.25, 0.3) is 0 Å². The molecular formula is C19H23NO4. The van der Waals surface area contributed by atoms with Crippen molar-refractivity contribution in [3.8, 4) is 5.75 Å². The van der Waals surface area contributed by atoms with Gasteiger partial charge in [0.1, 0.15) is 12.4 Å². The summed E-state index contributed by atoms with van der Waals surface area (Å²) in [6.07, 6.45) is -0.449. The van der Waals surface area contributed by atoms with Gasteiger partial charge in [0, 0.05) is 13.1 Å². The van der Waals surface area contributed by atoms with Gasteiger partial charge in [-0.25, -0.2) is 4.79 Å². The van der Waals surface area contributed by atoms with Gasteiger partial charge in [0.15, 0.2) is 0 Å². The van der Waals surface area contributed by atoms with Crippen LogP contribution in [0.5, 0.6) is 5.75 Å². The number of amides is 1. The van der Waals surface area contributed by atoms with E-state index in [-0.39, 0.29) is 19.8 Å². The maximum atomic E-state index is 12.3. The van der Waals surface area contributed by atoms with Crippen LogP contribution < -0.4 is 4.74 Å². The molecule has 0 spiro atoms. The second-order valence-electron chi connectivity index (χ2n) is 5.27. The van der Waals surface area contributed by atoms with Gasteiger partial charge in [-0.3, -0.25) is 0 Å². The average molecular weight is 329 g/mol. The highest BCUT2D eigenvalue weighted by Gasteiger charge is 2.15. The Morgan fingerprint density at radius 2 is 1.83 bits per heavy atom. The number of ether oxygens (including phenoxy) is 2. The number of hydrogen-bond donors (Lipinski definition) is 1. The Bertz CT molecular complexity index is 630. The first-order valence-electron chi connectivity index (χ1n) is 8.01. The van der Waals surface area contributed by atoms with E-state index >= 15 is 0 Å². The fourth-order valence-electron chi connectivity index (χ4n) is 2.29. The normalized spacial score (nSPS) is 10.2. The molecule has 0 fully saturated rings. The number of carbonyl (C=O) groups is 1. The van der Waals surface area contributed by atoms with Crippen LogP contribution in [0, 0.1) is 0 Å². The van der Waals surface area contributed by atoms with Gasteiger partial charge in [-0.15, -0.1) is 0 Å². The van der Waals surface area contributed by atoms with Crippen molar-refractivity contribution in [3.63, 3.8) is 0 Å². The van der Waals surface area contributed by atoms with E-state index in [0.29, 0.717) is 13.2 Å². The molecule has 2 aromatic carbocycles. The fraction of sp³-hybridized carbons (Fsp3) is 0.316. The van der Waals surface area contributed by atoms with Gasteiger partial charge in [0.2, 0.25) is 0 Å². The Balaban J connectivity index is 1.97. The second kappa shape index (κ2) is 9.57. The Morgan fingerprint density at radius 1 is 1.08 bits per heavy atom. The number of benzene rings is 2. The molecule has 2 aromatic rings. The number of carbonyl (C=O) groups excluding carboxylic acids is 1. The van der Waals surface area contributed by atoms with Crippen LogP contribution >= 0.6 is 0 Å². The summed E-state index contributed by atoms with van der Waals surface area (Å²) in [6.45, 7) is 3.17. The van der Waals surface area contributed by atoms with Gasteiger partial charge in [-0.1, -0.05) is 42.5 Å². The quantitative estimate of drug-likeness (QED) is 0.808.